The molecule has 2 amide bonds. The normalized spacial score (nSPS) is 18.7. The first kappa shape index (κ1) is 13.5. The Morgan fingerprint density at radius 3 is 2.79 bits per heavy atom. The monoisotopic (exact) mass is 261 g/mol. The largest absolute Gasteiger partial charge is 0.355 e. The zero-order valence-electron chi connectivity index (χ0n) is 10.8. The second-order valence-corrected chi connectivity index (χ2v) is 4.74. The van der Waals surface area contributed by atoms with Gasteiger partial charge in [0.15, 0.2) is 0 Å². The van der Waals surface area contributed by atoms with Crippen LogP contribution in [-0.2, 0) is 16.1 Å². The average molecular weight is 261 g/mol. The Hall–Kier alpha value is -1.88. The summed E-state index contributed by atoms with van der Waals surface area (Å²) in [7, 11) is 0. The number of nitrogens with one attached hydrogen (secondary N) is 1. The molecule has 1 heterocycles. The fraction of sp³-hybridized carbons (Fsp3) is 0.429. The van der Waals surface area contributed by atoms with Crippen molar-refractivity contribution in [2.45, 2.75) is 13.0 Å². The van der Waals surface area contributed by atoms with Gasteiger partial charge in [0.2, 0.25) is 11.8 Å². The van der Waals surface area contributed by atoms with E-state index in [1.165, 1.54) is 0 Å². The molecule has 0 spiro atoms. The number of carbonyl (C=O) groups is 2. The topological polar surface area (TPSA) is 75.4 Å². The molecule has 1 aliphatic heterocycles. The highest BCUT2D eigenvalue weighted by Gasteiger charge is 2.33. The summed E-state index contributed by atoms with van der Waals surface area (Å²) in [5.74, 6) is -0.283. The molecule has 0 radical (unpaired) electrons. The molecule has 19 heavy (non-hydrogen) atoms. The second kappa shape index (κ2) is 6.33. The van der Waals surface area contributed by atoms with Crippen LogP contribution >= 0.6 is 0 Å². The quantitative estimate of drug-likeness (QED) is 0.790. The van der Waals surface area contributed by atoms with Gasteiger partial charge in [0.25, 0.3) is 0 Å². The first-order valence-corrected chi connectivity index (χ1v) is 6.50. The van der Waals surface area contributed by atoms with Crippen LogP contribution in [0, 0.1) is 5.92 Å². The minimum atomic E-state index is -0.247. The van der Waals surface area contributed by atoms with Crippen LogP contribution in [0.2, 0.25) is 0 Å². The lowest BCUT2D eigenvalue weighted by Gasteiger charge is -2.16. The van der Waals surface area contributed by atoms with Gasteiger partial charge in [0, 0.05) is 32.6 Å². The van der Waals surface area contributed by atoms with Crippen LogP contribution in [0.1, 0.15) is 12.0 Å². The number of rotatable bonds is 5. The second-order valence-electron chi connectivity index (χ2n) is 4.74. The number of likely N-dealkylation sites (tertiary alicyclic amines) is 1. The van der Waals surface area contributed by atoms with Crippen molar-refractivity contribution in [3.05, 3.63) is 35.9 Å². The van der Waals surface area contributed by atoms with Crippen molar-refractivity contribution in [2.24, 2.45) is 11.7 Å². The number of benzene rings is 1. The molecule has 0 bridgehead atoms. The number of amides is 2. The number of nitrogens with zero attached hydrogens (tertiary/aromatic N) is 1. The first-order chi connectivity index (χ1) is 9.20. The molecule has 1 atom stereocenters. The van der Waals surface area contributed by atoms with E-state index < -0.39 is 0 Å². The third-order valence-electron chi connectivity index (χ3n) is 3.25. The van der Waals surface area contributed by atoms with E-state index in [9.17, 15) is 9.59 Å². The lowest BCUT2D eigenvalue weighted by molar-refractivity contribution is -0.129. The van der Waals surface area contributed by atoms with Gasteiger partial charge in [-0.2, -0.15) is 0 Å². The van der Waals surface area contributed by atoms with Crippen LogP contribution in [0.3, 0.4) is 0 Å². The standard InChI is InChI=1S/C14H19N3O2/c15-6-7-16-14(19)12-8-13(18)17(10-12)9-11-4-2-1-3-5-11/h1-5,12H,6-10,15H2,(H,16,19)/t12-/m1/s1. The maximum atomic E-state index is 11.9. The first-order valence-electron chi connectivity index (χ1n) is 6.50. The van der Waals surface area contributed by atoms with Gasteiger partial charge in [-0.1, -0.05) is 30.3 Å². The van der Waals surface area contributed by atoms with Crippen molar-refractivity contribution < 1.29 is 9.59 Å². The van der Waals surface area contributed by atoms with Gasteiger partial charge in [-0.3, -0.25) is 9.59 Å². The van der Waals surface area contributed by atoms with E-state index in [2.05, 4.69) is 5.32 Å². The highest BCUT2D eigenvalue weighted by Crippen LogP contribution is 2.20. The average Bonchev–Trinajstić information content (AvgIpc) is 2.79. The molecule has 1 fully saturated rings. The molecule has 5 heteroatoms. The minimum Gasteiger partial charge on any atom is -0.355 e. The molecule has 5 nitrogen and oxygen atoms in total. The molecule has 1 aromatic carbocycles. The predicted octanol–water partition coefficient (Wildman–Crippen LogP) is 0.110. The molecule has 2 rings (SSSR count). The van der Waals surface area contributed by atoms with Gasteiger partial charge < -0.3 is 16.0 Å². The van der Waals surface area contributed by atoms with E-state index in [1.54, 1.807) is 4.90 Å². The number of carbonyl (C=O) groups excluding carboxylic acids is 2. The van der Waals surface area contributed by atoms with Crippen molar-refractivity contribution in [3.63, 3.8) is 0 Å². The van der Waals surface area contributed by atoms with Gasteiger partial charge in [-0.15, -0.1) is 0 Å². The molecule has 0 aliphatic carbocycles. The van der Waals surface area contributed by atoms with E-state index >= 15 is 0 Å². The summed E-state index contributed by atoms with van der Waals surface area (Å²) in [6, 6.07) is 9.80. The molecule has 0 unspecified atom stereocenters. The fourth-order valence-electron chi connectivity index (χ4n) is 2.24. The highest BCUT2D eigenvalue weighted by molar-refractivity contribution is 5.89. The molecule has 1 saturated heterocycles. The van der Waals surface area contributed by atoms with Crippen molar-refractivity contribution in [1.82, 2.24) is 10.2 Å². The van der Waals surface area contributed by atoms with Crippen LogP contribution < -0.4 is 11.1 Å². The Morgan fingerprint density at radius 2 is 2.11 bits per heavy atom. The van der Waals surface area contributed by atoms with E-state index in [4.69, 9.17) is 5.73 Å². The maximum Gasteiger partial charge on any atom is 0.225 e. The fourth-order valence-corrected chi connectivity index (χ4v) is 2.24. The van der Waals surface area contributed by atoms with E-state index in [0.29, 0.717) is 32.6 Å². The summed E-state index contributed by atoms with van der Waals surface area (Å²) in [5.41, 5.74) is 6.42. The third kappa shape index (κ3) is 3.54. The number of hydrogen-bond donors (Lipinski definition) is 2. The molecule has 3 N–H and O–H groups in total. The molecular weight excluding hydrogens is 242 g/mol. The zero-order valence-corrected chi connectivity index (χ0v) is 10.8. The molecule has 0 saturated carbocycles. The van der Waals surface area contributed by atoms with Crippen molar-refractivity contribution >= 4 is 11.8 Å². The number of hydrogen-bond acceptors (Lipinski definition) is 3. The van der Waals surface area contributed by atoms with E-state index in [-0.39, 0.29) is 17.7 Å². The number of nitrogens with two attached hydrogens (primary N) is 1. The SMILES string of the molecule is NCCNC(=O)[C@@H]1CC(=O)N(Cc2ccccc2)C1. The van der Waals surface area contributed by atoms with Crippen LogP contribution in [0.4, 0.5) is 0 Å². The zero-order chi connectivity index (χ0) is 13.7. The van der Waals surface area contributed by atoms with E-state index in [1.807, 2.05) is 30.3 Å². The molecule has 1 aliphatic rings. The Kier molecular flexibility index (Phi) is 4.52. The summed E-state index contributed by atoms with van der Waals surface area (Å²) in [5, 5.41) is 2.74. The molecular formula is C14H19N3O2. The van der Waals surface area contributed by atoms with Gasteiger partial charge in [0.05, 0.1) is 5.92 Å². The van der Waals surface area contributed by atoms with Crippen LogP contribution in [0.5, 0.6) is 0 Å². The van der Waals surface area contributed by atoms with Gasteiger partial charge in [-0.05, 0) is 5.56 Å². The summed E-state index contributed by atoms with van der Waals surface area (Å²) in [6.45, 7) is 1.94. The maximum absolute atomic E-state index is 11.9. The lowest BCUT2D eigenvalue weighted by Crippen LogP contribution is -2.35. The summed E-state index contributed by atoms with van der Waals surface area (Å²) >= 11 is 0. The summed E-state index contributed by atoms with van der Waals surface area (Å²) < 4.78 is 0. The predicted molar refractivity (Wildman–Crippen MR) is 72.0 cm³/mol. The third-order valence-corrected chi connectivity index (χ3v) is 3.25. The Bertz CT molecular complexity index is 447. The lowest BCUT2D eigenvalue weighted by atomic mass is 10.1. The Labute approximate surface area is 112 Å². The van der Waals surface area contributed by atoms with Crippen molar-refractivity contribution in [3.8, 4) is 0 Å². The smallest absolute Gasteiger partial charge is 0.225 e. The van der Waals surface area contributed by atoms with Crippen molar-refractivity contribution in [1.29, 1.82) is 0 Å². The molecule has 1 aromatic rings. The van der Waals surface area contributed by atoms with Gasteiger partial charge in [-0.25, -0.2) is 0 Å². The highest BCUT2D eigenvalue weighted by atomic mass is 16.2. The van der Waals surface area contributed by atoms with E-state index in [0.717, 1.165) is 5.56 Å². The van der Waals surface area contributed by atoms with Crippen LogP contribution in [0.15, 0.2) is 30.3 Å². The van der Waals surface area contributed by atoms with Crippen LogP contribution in [0.25, 0.3) is 0 Å². The molecule has 0 aromatic heterocycles. The Morgan fingerprint density at radius 1 is 1.37 bits per heavy atom. The Balaban J connectivity index is 1.91. The summed E-state index contributed by atoms with van der Waals surface area (Å²) in [4.78, 5) is 25.4. The molecule has 102 valence electrons. The van der Waals surface area contributed by atoms with Gasteiger partial charge in [0.1, 0.15) is 0 Å². The minimum absolute atomic E-state index is 0.0387. The van der Waals surface area contributed by atoms with Crippen molar-refractivity contribution in [2.75, 3.05) is 19.6 Å². The summed E-state index contributed by atoms with van der Waals surface area (Å²) in [6.07, 6.45) is 0.295. The van der Waals surface area contributed by atoms with Crippen LogP contribution in [-0.4, -0.2) is 36.3 Å². The van der Waals surface area contributed by atoms with Gasteiger partial charge >= 0.3 is 0 Å².